The first kappa shape index (κ1) is 10.4. The zero-order valence-corrected chi connectivity index (χ0v) is 10.2. The van der Waals surface area contributed by atoms with Gasteiger partial charge in [0.05, 0.1) is 12.8 Å². The van der Waals surface area contributed by atoms with Gasteiger partial charge in [0.2, 0.25) is 5.28 Å². The predicted molar refractivity (Wildman–Crippen MR) is 60.6 cm³/mol. The van der Waals surface area contributed by atoms with Crippen molar-refractivity contribution in [2.75, 3.05) is 7.11 Å². The Morgan fingerprint density at radius 3 is 2.87 bits per heavy atom. The van der Waals surface area contributed by atoms with E-state index >= 15 is 0 Å². The highest BCUT2D eigenvalue weighted by atomic mass is 79.9. The summed E-state index contributed by atoms with van der Waals surface area (Å²) < 4.78 is 7.80. The Balaban J connectivity index is 2.60. The Labute approximate surface area is 100.0 Å². The minimum Gasteiger partial charge on any atom is -0.495 e. The van der Waals surface area contributed by atoms with E-state index < -0.39 is 0 Å². The molecular formula is C9H7BrClN3O. The van der Waals surface area contributed by atoms with Gasteiger partial charge in [-0.2, -0.15) is 0 Å². The van der Waals surface area contributed by atoms with Crippen LogP contribution in [-0.2, 0) is 0 Å². The van der Waals surface area contributed by atoms with Gasteiger partial charge in [-0.25, -0.2) is 0 Å². The Hall–Kier alpha value is -1.07. The summed E-state index contributed by atoms with van der Waals surface area (Å²) in [7, 11) is 1.60. The first-order valence-corrected chi connectivity index (χ1v) is 5.29. The molecule has 0 spiro atoms. The Morgan fingerprint density at radius 2 is 2.27 bits per heavy atom. The van der Waals surface area contributed by atoms with Gasteiger partial charge in [-0.1, -0.05) is 15.9 Å². The highest BCUT2D eigenvalue weighted by molar-refractivity contribution is 9.10. The minimum absolute atomic E-state index is 0.298. The molecule has 0 aliphatic carbocycles. The molecule has 1 aromatic heterocycles. The van der Waals surface area contributed by atoms with Crippen LogP contribution in [0.1, 0.15) is 0 Å². The summed E-state index contributed by atoms with van der Waals surface area (Å²) in [6.45, 7) is 0. The lowest BCUT2D eigenvalue weighted by Crippen LogP contribution is -1.96. The van der Waals surface area contributed by atoms with Gasteiger partial charge in [0.15, 0.2) is 0 Å². The number of halogens is 2. The second-order valence-corrected chi connectivity index (χ2v) is 4.04. The fourth-order valence-electron chi connectivity index (χ4n) is 1.23. The zero-order chi connectivity index (χ0) is 10.8. The number of rotatable bonds is 2. The minimum atomic E-state index is 0.298. The number of nitrogens with zero attached hydrogens (tertiary/aromatic N) is 3. The highest BCUT2D eigenvalue weighted by Gasteiger charge is 2.09. The van der Waals surface area contributed by atoms with Gasteiger partial charge in [0.25, 0.3) is 0 Å². The first-order valence-electron chi connectivity index (χ1n) is 4.12. The van der Waals surface area contributed by atoms with Gasteiger partial charge in [-0.15, -0.1) is 10.2 Å². The van der Waals surface area contributed by atoms with E-state index in [1.807, 2.05) is 18.2 Å². The number of aromatic nitrogens is 3. The van der Waals surface area contributed by atoms with Crippen molar-refractivity contribution < 1.29 is 4.74 Å². The van der Waals surface area contributed by atoms with Crippen molar-refractivity contribution in [3.05, 3.63) is 34.3 Å². The molecule has 2 rings (SSSR count). The maximum absolute atomic E-state index is 5.87. The van der Waals surface area contributed by atoms with E-state index in [-0.39, 0.29) is 0 Å². The number of hydrogen-bond donors (Lipinski definition) is 0. The lowest BCUT2D eigenvalue weighted by Gasteiger charge is -2.09. The molecular weight excluding hydrogens is 281 g/mol. The molecule has 0 aliphatic rings. The van der Waals surface area contributed by atoms with Gasteiger partial charge >= 0.3 is 0 Å². The molecule has 0 aliphatic heterocycles. The Bertz CT molecular complexity index is 486. The summed E-state index contributed by atoms with van der Waals surface area (Å²) in [5, 5.41) is 7.72. The molecule has 0 N–H and O–H groups in total. The summed E-state index contributed by atoms with van der Waals surface area (Å²) in [6.07, 6.45) is 1.53. The standard InChI is InChI=1S/C9H7BrClN3O/c1-15-8-3-2-6(10)4-7(8)14-5-12-13-9(14)11/h2-5H,1H3. The van der Waals surface area contributed by atoms with Crippen molar-refractivity contribution in [3.63, 3.8) is 0 Å². The quantitative estimate of drug-likeness (QED) is 0.853. The van der Waals surface area contributed by atoms with Crippen LogP contribution in [0.15, 0.2) is 29.0 Å². The van der Waals surface area contributed by atoms with Crippen LogP contribution in [0, 0.1) is 0 Å². The predicted octanol–water partition coefficient (Wildman–Crippen LogP) is 2.69. The molecule has 1 heterocycles. The SMILES string of the molecule is COc1ccc(Br)cc1-n1cnnc1Cl. The van der Waals surface area contributed by atoms with E-state index in [0.717, 1.165) is 10.2 Å². The molecule has 6 heteroatoms. The van der Waals surface area contributed by atoms with E-state index in [4.69, 9.17) is 16.3 Å². The molecule has 78 valence electrons. The van der Waals surface area contributed by atoms with E-state index in [9.17, 15) is 0 Å². The van der Waals surface area contributed by atoms with E-state index in [2.05, 4.69) is 26.1 Å². The fraction of sp³-hybridized carbons (Fsp3) is 0.111. The maximum atomic E-state index is 5.87. The van der Waals surface area contributed by atoms with Gasteiger partial charge in [0, 0.05) is 4.47 Å². The van der Waals surface area contributed by atoms with Crippen LogP contribution in [0.3, 0.4) is 0 Å². The second-order valence-electron chi connectivity index (χ2n) is 2.79. The van der Waals surface area contributed by atoms with Crippen molar-refractivity contribution in [2.45, 2.75) is 0 Å². The van der Waals surface area contributed by atoms with Crippen LogP contribution in [-0.4, -0.2) is 21.9 Å². The molecule has 0 amide bonds. The third kappa shape index (κ3) is 1.98. The highest BCUT2D eigenvalue weighted by Crippen LogP contribution is 2.27. The first-order chi connectivity index (χ1) is 7.22. The van der Waals surface area contributed by atoms with Gasteiger partial charge in [-0.05, 0) is 29.8 Å². The van der Waals surface area contributed by atoms with E-state index in [0.29, 0.717) is 11.0 Å². The van der Waals surface area contributed by atoms with Gasteiger partial charge < -0.3 is 4.74 Å². The molecule has 0 fully saturated rings. The molecule has 4 nitrogen and oxygen atoms in total. The van der Waals surface area contributed by atoms with Crippen LogP contribution < -0.4 is 4.74 Å². The molecule has 0 saturated heterocycles. The summed E-state index contributed by atoms with van der Waals surface area (Å²) >= 11 is 9.26. The molecule has 2 aromatic rings. The lowest BCUT2D eigenvalue weighted by atomic mass is 10.3. The molecule has 0 unspecified atom stereocenters. The van der Waals surface area contributed by atoms with Crippen LogP contribution in [0.2, 0.25) is 5.28 Å². The van der Waals surface area contributed by atoms with Gasteiger partial charge in [-0.3, -0.25) is 4.57 Å². The molecule has 15 heavy (non-hydrogen) atoms. The summed E-state index contributed by atoms with van der Waals surface area (Å²) in [5.74, 6) is 0.708. The Kier molecular flexibility index (Phi) is 2.93. The fourth-order valence-corrected chi connectivity index (χ4v) is 1.76. The number of methoxy groups -OCH3 is 1. The van der Waals surface area contributed by atoms with Crippen LogP contribution in [0.5, 0.6) is 5.75 Å². The van der Waals surface area contributed by atoms with Crippen molar-refractivity contribution in [3.8, 4) is 11.4 Å². The molecule has 0 radical (unpaired) electrons. The third-order valence-electron chi connectivity index (χ3n) is 1.91. The van der Waals surface area contributed by atoms with Crippen molar-refractivity contribution >= 4 is 27.5 Å². The second kappa shape index (κ2) is 4.20. The number of benzene rings is 1. The monoisotopic (exact) mass is 287 g/mol. The van der Waals surface area contributed by atoms with Crippen molar-refractivity contribution in [1.82, 2.24) is 14.8 Å². The summed E-state index contributed by atoms with van der Waals surface area (Å²) in [4.78, 5) is 0. The van der Waals surface area contributed by atoms with Crippen LogP contribution in [0.25, 0.3) is 5.69 Å². The molecule has 0 saturated carbocycles. The third-order valence-corrected chi connectivity index (χ3v) is 2.66. The molecule has 0 atom stereocenters. The van der Waals surface area contributed by atoms with Crippen molar-refractivity contribution in [2.24, 2.45) is 0 Å². The normalized spacial score (nSPS) is 10.3. The number of hydrogen-bond acceptors (Lipinski definition) is 3. The molecule has 0 bridgehead atoms. The summed E-state index contributed by atoms with van der Waals surface area (Å²) in [6, 6.07) is 5.62. The Morgan fingerprint density at radius 1 is 1.47 bits per heavy atom. The largest absolute Gasteiger partial charge is 0.495 e. The topological polar surface area (TPSA) is 39.9 Å². The van der Waals surface area contributed by atoms with E-state index in [1.165, 1.54) is 6.33 Å². The lowest BCUT2D eigenvalue weighted by molar-refractivity contribution is 0.413. The van der Waals surface area contributed by atoms with Gasteiger partial charge in [0.1, 0.15) is 12.1 Å². The smallest absolute Gasteiger partial charge is 0.229 e. The maximum Gasteiger partial charge on any atom is 0.229 e. The molecule has 1 aromatic carbocycles. The van der Waals surface area contributed by atoms with Crippen LogP contribution >= 0.6 is 27.5 Å². The van der Waals surface area contributed by atoms with Crippen LogP contribution in [0.4, 0.5) is 0 Å². The zero-order valence-electron chi connectivity index (χ0n) is 7.82. The van der Waals surface area contributed by atoms with Crippen molar-refractivity contribution in [1.29, 1.82) is 0 Å². The average molecular weight is 289 g/mol. The number of ether oxygens (including phenoxy) is 1. The van der Waals surface area contributed by atoms with E-state index in [1.54, 1.807) is 11.7 Å². The average Bonchev–Trinajstić information content (AvgIpc) is 2.64. The summed E-state index contributed by atoms with van der Waals surface area (Å²) in [5.41, 5.74) is 0.793.